The van der Waals surface area contributed by atoms with E-state index in [9.17, 15) is 4.39 Å². The molecule has 0 radical (unpaired) electrons. The normalized spacial score (nSPS) is 21.2. The van der Waals surface area contributed by atoms with Crippen molar-refractivity contribution >= 4 is 29.9 Å². The Balaban J connectivity index is 0.00000338. The maximum Gasteiger partial charge on any atom is 0.191 e. The summed E-state index contributed by atoms with van der Waals surface area (Å²) in [4.78, 5) is 6.92. The van der Waals surface area contributed by atoms with Gasteiger partial charge in [0, 0.05) is 38.3 Å². The van der Waals surface area contributed by atoms with E-state index in [1.807, 2.05) is 13.0 Å². The zero-order valence-electron chi connectivity index (χ0n) is 16.0. The number of halogens is 2. The number of hydrogen-bond donors (Lipinski definition) is 2. The number of hydrogen-bond acceptors (Lipinski definition) is 3. The first-order valence-corrected chi connectivity index (χ1v) is 9.22. The summed E-state index contributed by atoms with van der Waals surface area (Å²) in [6, 6.07) is 6.76. The van der Waals surface area contributed by atoms with Crippen molar-refractivity contribution in [2.24, 2.45) is 4.99 Å². The Labute approximate surface area is 173 Å². The third-order valence-corrected chi connectivity index (χ3v) is 4.15. The second kappa shape index (κ2) is 12.5. The summed E-state index contributed by atoms with van der Waals surface area (Å²) in [7, 11) is 0. The number of ether oxygens (including phenoxy) is 1. The average molecular weight is 478 g/mol. The van der Waals surface area contributed by atoms with Crippen LogP contribution in [0.25, 0.3) is 0 Å². The third kappa shape index (κ3) is 8.18. The molecule has 5 nitrogen and oxygen atoms in total. The molecule has 2 atom stereocenters. The summed E-state index contributed by atoms with van der Waals surface area (Å²) in [5.41, 5.74) is 0.607. The highest BCUT2D eigenvalue weighted by Crippen LogP contribution is 2.10. The lowest BCUT2D eigenvalue weighted by atomic mass is 10.2. The van der Waals surface area contributed by atoms with Crippen molar-refractivity contribution in [1.82, 2.24) is 15.5 Å². The Morgan fingerprint density at radius 3 is 2.58 bits per heavy atom. The van der Waals surface area contributed by atoms with Crippen LogP contribution in [-0.4, -0.2) is 55.8 Å². The molecule has 7 heteroatoms. The fraction of sp³-hybridized carbons (Fsp3) is 0.632. The molecule has 0 aromatic heterocycles. The number of benzene rings is 1. The van der Waals surface area contributed by atoms with Gasteiger partial charge in [-0.1, -0.05) is 18.2 Å². The maximum atomic E-state index is 13.7. The zero-order valence-corrected chi connectivity index (χ0v) is 18.3. The van der Waals surface area contributed by atoms with Gasteiger partial charge in [-0.3, -0.25) is 4.90 Å². The van der Waals surface area contributed by atoms with Crippen LogP contribution in [0.2, 0.25) is 0 Å². The van der Waals surface area contributed by atoms with Gasteiger partial charge in [0.1, 0.15) is 5.82 Å². The van der Waals surface area contributed by atoms with E-state index in [2.05, 4.69) is 34.4 Å². The predicted octanol–water partition coefficient (Wildman–Crippen LogP) is 3.00. The van der Waals surface area contributed by atoms with Crippen molar-refractivity contribution in [2.45, 2.75) is 45.9 Å². The predicted molar refractivity (Wildman–Crippen MR) is 116 cm³/mol. The molecule has 1 aliphatic rings. The Bertz CT molecular complexity index is 548. The van der Waals surface area contributed by atoms with E-state index in [0.717, 1.165) is 45.1 Å². The van der Waals surface area contributed by atoms with Crippen LogP contribution in [0.15, 0.2) is 29.3 Å². The smallest absolute Gasteiger partial charge is 0.191 e. The summed E-state index contributed by atoms with van der Waals surface area (Å²) < 4.78 is 19.4. The summed E-state index contributed by atoms with van der Waals surface area (Å²) in [5, 5.41) is 6.54. The van der Waals surface area contributed by atoms with E-state index in [1.54, 1.807) is 12.1 Å². The summed E-state index contributed by atoms with van der Waals surface area (Å²) in [6.07, 6.45) is 1.64. The van der Waals surface area contributed by atoms with Gasteiger partial charge in [-0.15, -0.1) is 24.0 Å². The fourth-order valence-electron chi connectivity index (χ4n) is 3.11. The topological polar surface area (TPSA) is 48.9 Å². The van der Waals surface area contributed by atoms with Gasteiger partial charge < -0.3 is 15.4 Å². The monoisotopic (exact) mass is 478 g/mol. The van der Waals surface area contributed by atoms with Crippen molar-refractivity contribution in [1.29, 1.82) is 0 Å². The molecule has 0 saturated carbocycles. The summed E-state index contributed by atoms with van der Waals surface area (Å²) >= 11 is 0. The minimum absolute atomic E-state index is 0. The molecular formula is C19H32FIN4O. The van der Waals surface area contributed by atoms with Gasteiger partial charge in [-0.2, -0.15) is 0 Å². The third-order valence-electron chi connectivity index (χ3n) is 4.15. The highest BCUT2D eigenvalue weighted by Gasteiger charge is 2.21. The molecule has 2 unspecified atom stereocenters. The number of guanidine groups is 1. The second-order valence-corrected chi connectivity index (χ2v) is 6.58. The Morgan fingerprint density at radius 2 is 1.92 bits per heavy atom. The average Bonchev–Trinajstić information content (AvgIpc) is 2.57. The minimum Gasteiger partial charge on any atom is -0.373 e. The Hall–Kier alpha value is -0.930. The van der Waals surface area contributed by atoms with Crippen molar-refractivity contribution in [3.8, 4) is 0 Å². The molecule has 1 saturated heterocycles. The first kappa shape index (κ1) is 23.1. The van der Waals surface area contributed by atoms with Gasteiger partial charge in [0.2, 0.25) is 0 Å². The Morgan fingerprint density at radius 1 is 1.23 bits per heavy atom. The van der Waals surface area contributed by atoms with Crippen LogP contribution in [0.1, 0.15) is 32.8 Å². The van der Waals surface area contributed by atoms with Crippen LogP contribution in [0.3, 0.4) is 0 Å². The lowest BCUT2D eigenvalue weighted by Crippen LogP contribution is -2.46. The highest BCUT2D eigenvalue weighted by molar-refractivity contribution is 14.0. The van der Waals surface area contributed by atoms with E-state index >= 15 is 0 Å². The van der Waals surface area contributed by atoms with Crippen molar-refractivity contribution in [3.63, 3.8) is 0 Å². The van der Waals surface area contributed by atoms with E-state index in [1.165, 1.54) is 6.07 Å². The van der Waals surface area contributed by atoms with Crippen LogP contribution >= 0.6 is 24.0 Å². The van der Waals surface area contributed by atoms with Crippen LogP contribution in [0.5, 0.6) is 0 Å². The fourth-order valence-corrected chi connectivity index (χ4v) is 3.11. The minimum atomic E-state index is -0.211. The molecule has 0 amide bonds. The molecule has 26 heavy (non-hydrogen) atoms. The first-order chi connectivity index (χ1) is 12.1. The molecule has 0 aliphatic carbocycles. The molecule has 2 N–H and O–H groups in total. The number of rotatable bonds is 7. The van der Waals surface area contributed by atoms with Gasteiger partial charge in [-0.25, -0.2) is 9.38 Å². The summed E-state index contributed by atoms with van der Waals surface area (Å²) in [6.45, 7) is 11.2. The zero-order chi connectivity index (χ0) is 18.1. The quantitative estimate of drug-likeness (QED) is 0.274. The molecule has 1 heterocycles. The standard InChI is InChI=1S/C19H31FN4O.HI/c1-4-21-19(23-12-17-8-5-6-9-18(17)20)22-10-7-11-24-13-15(2)25-16(3)14-24;/h5-6,8-9,15-16H,4,7,10-14H2,1-3H3,(H2,21,22,23);1H. The Kier molecular flexibility index (Phi) is 11.1. The number of nitrogens with zero attached hydrogens (tertiary/aromatic N) is 2. The lowest BCUT2D eigenvalue weighted by Gasteiger charge is -2.35. The van der Waals surface area contributed by atoms with Crippen LogP contribution < -0.4 is 10.6 Å². The number of aliphatic imine (C=N–C) groups is 1. The van der Waals surface area contributed by atoms with E-state index < -0.39 is 0 Å². The molecule has 1 aliphatic heterocycles. The van der Waals surface area contributed by atoms with Crippen LogP contribution in [0, 0.1) is 5.82 Å². The maximum absolute atomic E-state index is 13.7. The molecule has 0 spiro atoms. The number of morpholine rings is 1. The molecule has 148 valence electrons. The van der Waals surface area contributed by atoms with Crippen LogP contribution in [0.4, 0.5) is 4.39 Å². The number of nitrogens with one attached hydrogen (secondary N) is 2. The second-order valence-electron chi connectivity index (χ2n) is 6.58. The van der Waals surface area contributed by atoms with Gasteiger partial charge in [0.25, 0.3) is 0 Å². The molecule has 2 rings (SSSR count). The molecule has 1 aromatic carbocycles. The van der Waals surface area contributed by atoms with E-state index in [-0.39, 0.29) is 29.8 Å². The van der Waals surface area contributed by atoms with Gasteiger partial charge in [0.05, 0.1) is 18.8 Å². The van der Waals surface area contributed by atoms with Crippen LogP contribution in [-0.2, 0) is 11.3 Å². The molecule has 0 bridgehead atoms. The van der Waals surface area contributed by atoms with Gasteiger partial charge in [0.15, 0.2) is 5.96 Å². The van der Waals surface area contributed by atoms with Crippen molar-refractivity contribution in [2.75, 3.05) is 32.7 Å². The molecular weight excluding hydrogens is 446 g/mol. The SMILES string of the molecule is CCNC(=NCc1ccccc1F)NCCCN1CC(C)OC(C)C1.I. The van der Waals surface area contributed by atoms with Gasteiger partial charge in [-0.05, 0) is 33.3 Å². The summed E-state index contributed by atoms with van der Waals surface area (Å²) in [5.74, 6) is 0.520. The van der Waals surface area contributed by atoms with Crippen molar-refractivity contribution < 1.29 is 9.13 Å². The molecule has 1 aromatic rings. The molecule has 1 fully saturated rings. The highest BCUT2D eigenvalue weighted by atomic mass is 127. The van der Waals surface area contributed by atoms with Gasteiger partial charge >= 0.3 is 0 Å². The largest absolute Gasteiger partial charge is 0.373 e. The first-order valence-electron chi connectivity index (χ1n) is 9.22. The van der Waals surface area contributed by atoms with E-state index in [4.69, 9.17) is 4.74 Å². The van der Waals surface area contributed by atoms with E-state index in [0.29, 0.717) is 24.3 Å². The lowest BCUT2D eigenvalue weighted by molar-refractivity contribution is -0.0679. The van der Waals surface area contributed by atoms with Crippen molar-refractivity contribution in [3.05, 3.63) is 35.6 Å².